The second-order valence-electron chi connectivity index (χ2n) is 4.57. The molecule has 0 aliphatic carbocycles. The molecule has 0 fully saturated rings. The van der Waals surface area contributed by atoms with E-state index in [1.54, 1.807) is 6.92 Å². The number of carbonyl (C=O) groups excluding carboxylic acids is 1. The Bertz CT molecular complexity index is 350. The Morgan fingerprint density at radius 2 is 2.06 bits per heavy atom. The fourth-order valence-corrected chi connectivity index (χ4v) is 2.67. The lowest BCUT2D eigenvalue weighted by Gasteiger charge is -2.22. The molecule has 1 unspecified atom stereocenters. The maximum absolute atomic E-state index is 11.6. The van der Waals surface area contributed by atoms with Gasteiger partial charge in [0.25, 0.3) is 0 Å². The highest BCUT2D eigenvalue weighted by atomic mass is 32.2. The Morgan fingerprint density at radius 3 is 2.56 bits per heavy atom. The molecule has 108 valence electrons. The van der Waals surface area contributed by atoms with Crippen LogP contribution >= 0.6 is 0 Å². The van der Waals surface area contributed by atoms with Crippen LogP contribution in [-0.2, 0) is 19.6 Å². The van der Waals surface area contributed by atoms with Crippen LogP contribution in [0, 0.1) is 0 Å². The number of nitrogens with one attached hydrogen (secondary N) is 1. The van der Waals surface area contributed by atoms with Crippen molar-refractivity contribution < 1.29 is 23.1 Å². The Labute approximate surface area is 109 Å². The lowest BCUT2D eigenvalue weighted by atomic mass is 10.0. The molecule has 0 radical (unpaired) electrons. The molecule has 1 atom stereocenters. The van der Waals surface area contributed by atoms with Crippen LogP contribution in [0.1, 0.15) is 39.5 Å². The van der Waals surface area contributed by atoms with Crippen LogP contribution in [0.25, 0.3) is 0 Å². The molecule has 18 heavy (non-hydrogen) atoms. The summed E-state index contributed by atoms with van der Waals surface area (Å²) in [5, 5.41) is 9.83. The lowest BCUT2D eigenvalue weighted by Crippen LogP contribution is -2.41. The highest BCUT2D eigenvalue weighted by molar-refractivity contribution is 7.89. The number of rotatable bonds is 9. The predicted octanol–water partition coefficient (Wildman–Crippen LogP) is 0.410. The van der Waals surface area contributed by atoms with Gasteiger partial charge in [-0.05, 0) is 19.8 Å². The quantitative estimate of drug-likeness (QED) is 0.597. The van der Waals surface area contributed by atoms with Gasteiger partial charge in [-0.15, -0.1) is 0 Å². The largest absolute Gasteiger partial charge is 0.469 e. The molecule has 0 saturated heterocycles. The molecule has 0 amide bonds. The van der Waals surface area contributed by atoms with Gasteiger partial charge in [-0.25, -0.2) is 13.1 Å². The van der Waals surface area contributed by atoms with E-state index in [0.29, 0.717) is 6.42 Å². The third kappa shape index (κ3) is 8.43. The van der Waals surface area contributed by atoms with Crippen molar-refractivity contribution in [3.05, 3.63) is 0 Å². The van der Waals surface area contributed by atoms with Gasteiger partial charge in [-0.3, -0.25) is 4.79 Å². The minimum absolute atomic E-state index is 0.0125. The Balaban J connectivity index is 4.05. The predicted molar refractivity (Wildman–Crippen MR) is 68.6 cm³/mol. The number of carbonyl (C=O) groups is 1. The molecule has 0 aliphatic rings. The highest BCUT2D eigenvalue weighted by Crippen LogP contribution is 2.10. The van der Waals surface area contributed by atoms with E-state index >= 15 is 0 Å². The summed E-state index contributed by atoms with van der Waals surface area (Å²) in [6, 6.07) is 0. The topological polar surface area (TPSA) is 92.7 Å². The monoisotopic (exact) mass is 281 g/mol. The maximum atomic E-state index is 11.6. The van der Waals surface area contributed by atoms with Crippen LogP contribution in [0.15, 0.2) is 0 Å². The molecule has 0 saturated carbocycles. The van der Waals surface area contributed by atoms with Gasteiger partial charge in [-0.2, -0.15) is 0 Å². The van der Waals surface area contributed by atoms with Gasteiger partial charge in [0.15, 0.2) is 0 Å². The molecule has 0 spiro atoms. The van der Waals surface area contributed by atoms with Crippen molar-refractivity contribution in [2.45, 2.75) is 45.1 Å². The summed E-state index contributed by atoms with van der Waals surface area (Å²) in [6.45, 7) is 3.49. The van der Waals surface area contributed by atoms with Gasteiger partial charge >= 0.3 is 5.97 Å². The van der Waals surface area contributed by atoms with Gasteiger partial charge in [0.2, 0.25) is 10.0 Å². The first-order valence-corrected chi connectivity index (χ1v) is 7.64. The van der Waals surface area contributed by atoms with Crippen molar-refractivity contribution in [3.8, 4) is 0 Å². The number of hydrogen-bond acceptors (Lipinski definition) is 5. The first kappa shape index (κ1) is 17.3. The second-order valence-corrected chi connectivity index (χ2v) is 6.49. The number of aliphatic hydroxyl groups is 1. The Hall–Kier alpha value is -0.660. The smallest absolute Gasteiger partial charge is 0.305 e. The Kier molecular flexibility index (Phi) is 7.42. The van der Waals surface area contributed by atoms with Crippen molar-refractivity contribution in [1.29, 1.82) is 0 Å². The van der Waals surface area contributed by atoms with Crippen LogP contribution in [-0.4, -0.2) is 44.5 Å². The van der Waals surface area contributed by atoms with E-state index in [1.165, 1.54) is 7.11 Å². The summed E-state index contributed by atoms with van der Waals surface area (Å²) in [5.74, 6) is -0.576. The SMILES string of the molecule is CCCC(C)(O)CNS(=O)(=O)CCCC(=O)OC. The van der Waals surface area contributed by atoms with E-state index in [1.807, 2.05) is 6.92 Å². The standard InChI is InChI=1S/C11H23NO5S/c1-4-7-11(2,14)9-12-18(15,16)8-5-6-10(13)17-3/h12,14H,4-9H2,1-3H3. The van der Waals surface area contributed by atoms with Crippen LogP contribution in [0.3, 0.4) is 0 Å². The molecule has 0 aromatic heterocycles. The fraction of sp³-hybridized carbons (Fsp3) is 0.909. The van der Waals surface area contributed by atoms with Crippen molar-refractivity contribution in [1.82, 2.24) is 4.72 Å². The van der Waals surface area contributed by atoms with E-state index in [-0.39, 0.29) is 25.1 Å². The number of esters is 1. The normalized spacial score (nSPS) is 15.1. The third-order valence-corrected chi connectivity index (χ3v) is 3.89. The summed E-state index contributed by atoms with van der Waals surface area (Å²) < 4.78 is 29.9. The van der Waals surface area contributed by atoms with Gasteiger partial charge in [-0.1, -0.05) is 13.3 Å². The number of ether oxygens (including phenoxy) is 1. The van der Waals surface area contributed by atoms with E-state index in [0.717, 1.165) is 6.42 Å². The minimum atomic E-state index is -3.45. The summed E-state index contributed by atoms with van der Waals surface area (Å²) in [6.07, 6.45) is 1.58. The summed E-state index contributed by atoms with van der Waals surface area (Å²) >= 11 is 0. The van der Waals surface area contributed by atoms with E-state index in [2.05, 4.69) is 9.46 Å². The van der Waals surface area contributed by atoms with Crippen LogP contribution in [0.2, 0.25) is 0 Å². The fourth-order valence-electron chi connectivity index (χ4n) is 1.47. The second kappa shape index (κ2) is 7.70. The van der Waals surface area contributed by atoms with E-state index < -0.39 is 21.6 Å². The summed E-state index contributed by atoms with van der Waals surface area (Å²) in [7, 11) is -2.19. The minimum Gasteiger partial charge on any atom is -0.469 e. The Morgan fingerprint density at radius 1 is 1.44 bits per heavy atom. The van der Waals surface area contributed by atoms with Crippen molar-refractivity contribution >= 4 is 16.0 Å². The molecule has 0 aromatic rings. The zero-order valence-corrected chi connectivity index (χ0v) is 12.0. The number of hydrogen-bond donors (Lipinski definition) is 2. The molecular weight excluding hydrogens is 258 g/mol. The average molecular weight is 281 g/mol. The van der Waals surface area contributed by atoms with Crippen molar-refractivity contribution in [2.75, 3.05) is 19.4 Å². The summed E-state index contributed by atoms with van der Waals surface area (Å²) in [4.78, 5) is 10.8. The van der Waals surface area contributed by atoms with E-state index in [9.17, 15) is 18.3 Å². The van der Waals surface area contributed by atoms with Gasteiger partial charge < -0.3 is 9.84 Å². The number of methoxy groups -OCH3 is 1. The molecule has 0 bridgehead atoms. The zero-order valence-electron chi connectivity index (χ0n) is 11.2. The van der Waals surface area contributed by atoms with Crippen molar-refractivity contribution in [3.63, 3.8) is 0 Å². The van der Waals surface area contributed by atoms with Gasteiger partial charge in [0.1, 0.15) is 0 Å². The first-order valence-electron chi connectivity index (χ1n) is 5.99. The summed E-state index contributed by atoms with van der Waals surface area (Å²) in [5.41, 5.74) is -1.04. The van der Waals surface area contributed by atoms with Crippen molar-refractivity contribution in [2.24, 2.45) is 0 Å². The first-order chi connectivity index (χ1) is 8.22. The van der Waals surface area contributed by atoms with Crippen LogP contribution in [0.4, 0.5) is 0 Å². The molecule has 2 N–H and O–H groups in total. The average Bonchev–Trinajstić information content (AvgIpc) is 2.26. The molecular formula is C11H23NO5S. The van der Waals surface area contributed by atoms with Gasteiger partial charge in [0.05, 0.1) is 18.5 Å². The molecule has 0 heterocycles. The molecule has 0 aromatic carbocycles. The highest BCUT2D eigenvalue weighted by Gasteiger charge is 2.22. The zero-order chi connectivity index (χ0) is 14.2. The van der Waals surface area contributed by atoms with Crippen LogP contribution in [0.5, 0.6) is 0 Å². The molecule has 0 rings (SSSR count). The maximum Gasteiger partial charge on any atom is 0.305 e. The van der Waals surface area contributed by atoms with Gasteiger partial charge in [0, 0.05) is 13.0 Å². The molecule has 7 heteroatoms. The lowest BCUT2D eigenvalue weighted by molar-refractivity contribution is -0.140. The van der Waals surface area contributed by atoms with Crippen LogP contribution < -0.4 is 4.72 Å². The number of sulfonamides is 1. The third-order valence-electron chi connectivity index (χ3n) is 2.48. The molecule has 0 aliphatic heterocycles. The molecule has 6 nitrogen and oxygen atoms in total. The van der Waals surface area contributed by atoms with E-state index in [4.69, 9.17) is 0 Å².